The number of hydrogen-bond donors (Lipinski definition) is 0. The highest BCUT2D eigenvalue weighted by molar-refractivity contribution is 7.98. The van der Waals surface area contributed by atoms with E-state index in [2.05, 4.69) is 60.7 Å². The molecule has 0 aromatic heterocycles. The molecule has 0 bridgehead atoms. The summed E-state index contributed by atoms with van der Waals surface area (Å²) >= 11 is 4.07. The average molecular weight is 322 g/mol. The van der Waals surface area contributed by atoms with E-state index in [1.165, 1.54) is 33.0 Å². The van der Waals surface area contributed by atoms with E-state index < -0.39 is 0 Å². The van der Waals surface area contributed by atoms with Crippen molar-refractivity contribution in [3.8, 4) is 0 Å². The van der Waals surface area contributed by atoms with Crippen molar-refractivity contribution in [2.24, 2.45) is 0 Å². The predicted octanol–water partition coefficient (Wildman–Crippen LogP) is 6.02. The third-order valence-corrected chi connectivity index (χ3v) is 6.28. The highest BCUT2D eigenvalue weighted by atomic mass is 32.2. The van der Waals surface area contributed by atoms with Crippen LogP contribution in [0, 0.1) is 0 Å². The van der Waals surface area contributed by atoms with Crippen LogP contribution >= 0.6 is 23.5 Å². The summed E-state index contributed by atoms with van der Waals surface area (Å²) in [6.07, 6.45) is 0. The van der Waals surface area contributed by atoms with Gasteiger partial charge in [-0.2, -0.15) is 23.5 Å². The van der Waals surface area contributed by atoms with Gasteiger partial charge in [-0.25, -0.2) is 0 Å². The van der Waals surface area contributed by atoms with Crippen molar-refractivity contribution in [1.82, 2.24) is 0 Å². The molecule has 0 nitrogen and oxygen atoms in total. The fourth-order valence-electron chi connectivity index (χ4n) is 2.98. The summed E-state index contributed by atoms with van der Waals surface area (Å²) in [6.45, 7) is 0. The molecule has 3 aromatic carbocycles. The SMILES string of the molecule is c1ccc2c(c1)CSCc1cc3ccccc3cc1CSC2. The van der Waals surface area contributed by atoms with Crippen molar-refractivity contribution >= 4 is 34.3 Å². The molecule has 0 atom stereocenters. The lowest BCUT2D eigenvalue weighted by Crippen LogP contribution is -1.97. The lowest BCUT2D eigenvalue weighted by Gasteiger charge is -2.16. The van der Waals surface area contributed by atoms with Gasteiger partial charge in [-0.15, -0.1) is 0 Å². The monoisotopic (exact) mass is 322 g/mol. The third kappa shape index (κ3) is 2.90. The summed E-state index contributed by atoms with van der Waals surface area (Å²) in [4.78, 5) is 0. The zero-order valence-corrected chi connectivity index (χ0v) is 14.1. The van der Waals surface area contributed by atoms with Crippen LogP contribution in [0.2, 0.25) is 0 Å². The molecule has 0 radical (unpaired) electrons. The molecule has 1 heterocycles. The van der Waals surface area contributed by atoms with Gasteiger partial charge in [0.1, 0.15) is 0 Å². The molecule has 1 aliphatic rings. The first-order valence-electron chi connectivity index (χ1n) is 7.63. The number of hydrogen-bond acceptors (Lipinski definition) is 2. The molecule has 0 saturated heterocycles. The third-order valence-electron chi connectivity index (χ3n) is 4.22. The van der Waals surface area contributed by atoms with Crippen LogP contribution in [0.3, 0.4) is 0 Å². The van der Waals surface area contributed by atoms with Crippen molar-refractivity contribution in [1.29, 1.82) is 0 Å². The highest BCUT2D eigenvalue weighted by Gasteiger charge is 2.10. The lowest BCUT2D eigenvalue weighted by molar-refractivity contribution is 1.23. The van der Waals surface area contributed by atoms with Crippen LogP contribution in [0.5, 0.6) is 0 Å². The van der Waals surface area contributed by atoms with Crippen LogP contribution in [-0.2, 0) is 23.0 Å². The van der Waals surface area contributed by atoms with Gasteiger partial charge in [0.2, 0.25) is 0 Å². The Hall–Kier alpha value is -1.38. The fourth-order valence-corrected chi connectivity index (χ4v) is 5.17. The molecule has 1 aliphatic heterocycles. The minimum Gasteiger partial charge on any atom is -0.152 e. The van der Waals surface area contributed by atoms with Crippen molar-refractivity contribution in [2.75, 3.05) is 0 Å². The number of thioether (sulfide) groups is 2. The molecular formula is C20H18S2. The second-order valence-electron chi connectivity index (χ2n) is 5.72. The molecule has 0 amide bonds. The quantitative estimate of drug-likeness (QED) is 0.496. The maximum atomic E-state index is 2.39. The van der Waals surface area contributed by atoms with Crippen molar-refractivity contribution in [2.45, 2.75) is 23.0 Å². The second-order valence-corrected chi connectivity index (χ2v) is 7.69. The largest absolute Gasteiger partial charge is 0.152 e. The van der Waals surface area contributed by atoms with Crippen LogP contribution in [0.4, 0.5) is 0 Å². The van der Waals surface area contributed by atoms with Gasteiger partial charge in [0, 0.05) is 23.0 Å². The molecule has 22 heavy (non-hydrogen) atoms. The molecular weight excluding hydrogens is 304 g/mol. The maximum absolute atomic E-state index is 2.39. The van der Waals surface area contributed by atoms with Gasteiger partial charge in [0.05, 0.1) is 0 Å². The molecule has 3 aromatic rings. The van der Waals surface area contributed by atoms with Gasteiger partial charge in [0.25, 0.3) is 0 Å². The Kier molecular flexibility index (Phi) is 4.13. The zero-order chi connectivity index (χ0) is 14.8. The Balaban J connectivity index is 1.69. The van der Waals surface area contributed by atoms with E-state index >= 15 is 0 Å². The van der Waals surface area contributed by atoms with Crippen molar-refractivity contribution < 1.29 is 0 Å². The molecule has 4 rings (SSSR count). The number of rotatable bonds is 0. The molecule has 0 N–H and O–H groups in total. The first-order valence-corrected chi connectivity index (χ1v) is 9.94. The summed E-state index contributed by atoms with van der Waals surface area (Å²) in [5.74, 6) is 4.44. The van der Waals surface area contributed by atoms with Gasteiger partial charge >= 0.3 is 0 Å². The maximum Gasteiger partial charge on any atom is 0.0191 e. The Labute approximate surface area is 140 Å². The van der Waals surface area contributed by atoms with E-state index in [0.717, 1.165) is 23.0 Å². The van der Waals surface area contributed by atoms with Crippen molar-refractivity contribution in [3.63, 3.8) is 0 Å². The first-order chi connectivity index (χ1) is 10.9. The second kappa shape index (κ2) is 6.39. The standard InChI is InChI=1S/C20H18S2/c1-2-6-16-10-20-14-22-12-18-8-4-3-7-17(18)11-21-13-19(20)9-15(16)5-1/h1-10H,11-14H2. The molecule has 0 spiro atoms. The summed E-state index contributed by atoms with van der Waals surface area (Å²) in [6, 6.07) is 22.4. The molecule has 0 aliphatic carbocycles. The van der Waals surface area contributed by atoms with E-state index in [4.69, 9.17) is 0 Å². The average Bonchev–Trinajstić information content (AvgIpc) is 2.56. The van der Waals surface area contributed by atoms with E-state index in [9.17, 15) is 0 Å². The van der Waals surface area contributed by atoms with Gasteiger partial charge < -0.3 is 0 Å². The van der Waals surface area contributed by atoms with Crippen LogP contribution in [0.25, 0.3) is 10.8 Å². The fraction of sp³-hybridized carbons (Fsp3) is 0.200. The Morgan fingerprint density at radius 2 is 0.909 bits per heavy atom. The van der Waals surface area contributed by atoms with Gasteiger partial charge in [-0.05, 0) is 33.0 Å². The smallest absolute Gasteiger partial charge is 0.0191 e. The Bertz CT molecular complexity index is 740. The molecule has 110 valence electrons. The van der Waals surface area contributed by atoms with Crippen molar-refractivity contribution in [3.05, 3.63) is 82.9 Å². The summed E-state index contributed by atoms with van der Waals surface area (Å²) in [7, 11) is 0. The molecule has 0 saturated carbocycles. The topological polar surface area (TPSA) is 0 Å². The lowest BCUT2D eigenvalue weighted by atomic mass is 10.0. The summed E-state index contributed by atoms with van der Waals surface area (Å²) in [5, 5.41) is 2.73. The minimum atomic E-state index is 1.11. The van der Waals surface area contributed by atoms with Crippen LogP contribution in [0.15, 0.2) is 60.7 Å². The molecule has 2 heteroatoms. The van der Waals surface area contributed by atoms with Crippen LogP contribution < -0.4 is 0 Å². The van der Waals surface area contributed by atoms with Crippen LogP contribution in [0.1, 0.15) is 22.3 Å². The van der Waals surface area contributed by atoms with E-state index in [0.29, 0.717) is 0 Å². The predicted molar refractivity (Wildman–Crippen MR) is 100 cm³/mol. The van der Waals surface area contributed by atoms with Gasteiger partial charge in [-0.1, -0.05) is 60.7 Å². The van der Waals surface area contributed by atoms with Crippen LogP contribution in [-0.4, -0.2) is 0 Å². The summed E-state index contributed by atoms with van der Waals surface area (Å²) < 4.78 is 0. The summed E-state index contributed by atoms with van der Waals surface area (Å²) in [5.41, 5.74) is 6.03. The van der Waals surface area contributed by atoms with E-state index in [1.807, 2.05) is 23.5 Å². The number of benzene rings is 3. The zero-order valence-electron chi connectivity index (χ0n) is 12.4. The first kappa shape index (κ1) is 14.2. The minimum absolute atomic E-state index is 1.11. The Morgan fingerprint density at radius 3 is 1.41 bits per heavy atom. The normalized spacial score (nSPS) is 15.1. The molecule has 0 fully saturated rings. The van der Waals surface area contributed by atoms with E-state index in [-0.39, 0.29) is 0 Å². The van der Waals surface area contributed by atoms with E-state index in [1.54, 1.807) is 0 Å². The highest BCUT2D eigenvalue weighted by Crippen LogP contribution is 2.31. The Morgan fingerprint density at radius 1 is 0.500 bits per heavy atom. The number of fused-ring (bicyclic) bond motifs is 3. The van der Waals surface area contributed by atoms with Gasteiger partial charge in [-0.3, -0.25) is 0 Å². The molecule has 0 unspecified atom stereocenters. The van der Waals surface area contributed by atoms with Gasteiger partial charge in [0.15, 0.2) is 0 Å².